The molecule has 0 unspecified atom stereocenters. The van der Waals surface area contributed by atoms with E-state index in [1.54, 1.807) is 7.05 Å². The van der Waals surface area contributed by atoms with Gasteiger partial charge in [-0.3, -0.25) is 0 Å². The SMILES string of the molecule is CCN1CCC(N(C)S(=O)(=O)c2cc(CN)oc2Br)CC1. The summed E-state index contributed by atoms with van der Waals surface area (Å²) in [5, 5.41) is 0. The van der Waals surface area contributed by atoms with Gasteiger partial charge < -0.3 is 15.1 Å². The van der Waals surface area contributed by atoms with Gasteiger partial charge in [-0.05, 0) is 48.4 Å². The van der Waals surface area contributed by atoms with Crippen molar-refractivity contribution in [3.8, 4) is 0 Å². The van der Waals surface area contributed by atoms with Crippen molar-refractivity contribution in [1.82, 2.24) is 9.21 Å². The van der Waals surface area contributed by atoms with Crippen LogP contribution in [0.1, 0.15) is 25.5 Å². The van der Waals surface area contributed by atoms with E-state index in [-0.39, 0.29) is 22.2 Å². The summed E-state index contributed by atoms with van der Waals surface area (Å²) in [7, 11) is -1.92. The smallest absolute Gasteiger partial charge is 0.247 e. The lowest BCUT2D eigenvalue weighted by atomic mass is 10.1. The van der Waals surface area contributed by atoms with Crippen molar-refractivity contribution in [2.75, 3.05) is 26.7 Å². The Morgan fingerprint density at radius 3 is 2.57 bits per heavy atom. The summed E-state index contributed by atoms with van der Waals surface area (Å²) in [6.07, 6.45) is 1.70. The highest BCUT2D eigenvalue weighted by Gasteiger charge is 2.33. The van der Waals surface area contributed by atoms with E-state index in [4.69, 9.17) is 10.2 Å². The van der Waals surface area contributed by atoms with Gasteiger partial charge in [-0.1, -0.05) is 6.92 Å². The quantitative estimate of drug-likeness (QED) is 0.840. The number of halogens is 1. The predicted molar refractivity (Wildman–Crippen MR) is 84.4 cm³/mol. The van der Waals surface area contributed by atoms with E-state index >= 15 is 0 Å². The van der Waals surface area contributed by atoms with Crippen LogP contribution in [-0.4, -0.2) is 50.3 Å². The van der Waals surface area contributed by atoms with Crippen LogP contribution in [0, 0.1) is 0 Å². The minimum atomic E-state index is -3.56. The Kier molecular flexibility index (Phi) is 5.48. The molecule has 0 aromatic carbocycles. The lowest BCUT2D eigenvalue weighted by molar-refractivity contribution is 0.176. The van der Waals surface area contributed by atoms with E-state index in [9.17, 15) is 8.42 Å². The van der Waals surface area contributed by atoms with Crippen LogP contribution < -0.4 is 5.73 Å². The standard InChI is InChI=1S/C13H22BrN3O3S/c1-3-17-6-4-10(5-7-17)16(2)21(18,19)12-8-11(9-15)20-13(12)14/h8,10H,3-7,9,15H2,1-2H3. The Balaban J connectivity index is 2.17. The summed E-state index contributed by atoms with van der Waals surface area (Å²) in [6.45, 7) is 5.17. The lowest BCUT2D eigenvalue weighted by Crippen LogP contribution is -2.45. The van der Waals surface area contributed by atoms with E-state index < -0.39 is 10.0 Å². The molecule has 8 heteroatoms. The van der Waals surface area contributed by atoms with Crippen molar-refractivity contribution < 1.29 is 12.8 Å². The van der Waals surface area contributed by atoms with E-state index in [1.807, 2.05) is 0 Å². The molecule has 0 radical (unpaired) electrons. The maximum Gasteiger partial charge on any atom is 0.247 e. The van der Waals surface area contributed by atoms with Crippen LogP contribution in [0.4, 0.5) is 0 Å². The van der Waals surface area contributed by atoms with E-state index in [2.05, 4.69) is 27.8 Å². The van der Waals surface area contributed by atoms with Crippen LogP contribution in [0.2, 0.25) is 0 Å². The molecule has 1 aliphatic heterocycles. The second-order valence-corrected chi connectivity index (χ2v) is 7.93. The normalized spacial score (nSPS) is 18.5. The number of sulfonamides is 1. The zero-order valence-corrected chi connectivity index (χ0v) is 14.8. The summed E-state index contributed by atoms with van der Waals surface area (Å²) >= 11 is 3.17. The first-order valence-electron chi connectivity index (χ1n) is 7.08. The Morgan fingerprint density at radius 1 is 1.48 bits per heavy atom. The van der Waals surface area contributed by atoms with Gasteiger partial charge in [-0.2, -0.15) is 4.31 Å². The van der Waals surface area contributed by atoms with Gasteiger partial charge >= 0.3 is 0 Å². The van der Waals surface area contributed by atoms with Gasteiger partial charge in [0, 0.05) is 19.2 Å². The molecule has 21 heavy (non-hydrogen) atoms. The first-order valence-corrected chi connectivity index (χ1v) is 9.32. The zero-order chi connectivity index (χ0) is 15.6. The van der Waals surface area contributed by atoms with E-state index in [0.717, 1.165) is 32.5 Å². The summed E-state index contributed by atoms with van der Waals surface area (Å²) in [5.41, 5.74) is 5.50. The molecular formula is C13H22BrN3O3S. The number of nitrogens with two attached hydrogens (primary N) is 1. The maximum absolute atomic E-state index is 12.7. The molecule has 2 rings (SSSR count). The molecule has 1 aromatic heterocycles. The number of likely N-dealkylation sites (tertiary alicyclic amines) is 1. The molecule has 0 bridgehead atoms. The highest BCUT2D eigenvalue weighted by molar-refractivity contribution is 9.10. The molecule has 0 amide bonds. The second kappa shape index (κ2) is 6.78. The molecule has 1 aliphatic rings. The van der Waals surface area contributed by atoms with Crippen molar-refractivity contribution in [3.63, 3.8) is 0 Å². The van der Waals surface area contributed by atoms with Crippen LogP contribution in [0.3, 0.4) is 0 Å². The monoisotopic (exact) mass is 379 g/mol. The van der Waals surface area contributed by atoms with Crippen molar-refractivity contribution in [3.05, 3.63) is 16.5 Å². The molecule has 1 aromatic rings. The average Bonchev–Trinajstić information content (AvgIpc) is 2.88. The van der Waals surface area contributed by atoms with E-state index in [0.29, 0.717) is 5.76 Å². The van der Waals surface area contributed by atoms with Gasteiger partial charge in [0.05, 0.1) is 6.54 Å². The van der Waals surface area contributed by atoms with Crippen LogP contribution in [-0.2, 0) is 16.6 Å². The zero-order valence-electron chi connectivity index (χ0n) is 12.4. The topological polar surface area (TPSA) is 79.8 Å². The largest absolute Gasteiger partial charge is 0.452 e. The van der Waals surface area contributed by atoms with Crippen molar-refractivity contribution in [2.45, 2.75) is 37.2 Å². The number of nitrogens with zero attached hydrogens (tertiary/aromatic N) is 2. The van der Waals surface area contributed by atoms with Gasteiger partial charge in [0.25, 0.3) is 0 Å². The van der Waals surface area contributed by atoms with Crippen LogP contribution in [0.5, 0.6) is 0 Å². The molecule has 1 fully saturated rings. The number of hydrogen-bond donors (Lipinski definition) is 1. The number of hydrogen-bond acceptors (Lipinski definition) is 5. The van der Waals surface area contributed by atoms with Crippen LogP contribution >= 0.6 is 15.9 Å². The molecule has 0 spiro atoms. The fraction of sp³-hybridized carbons (Fsp3) is 0.692. The molecular weight excluding hydrogens is 358 g/mol. The first kappa shape index (κ1) is 17.0. The fourth-order valence-corrected chi connectivity index (χ4v) is 5.00. The first-order chi connectivity index (χ1) is 9.90. The highest BCUT2D eigenvalue weighted by atomic mass is 79.9. The molecule has 0 saturated carbocycles. The fourth-order valence-electron chi connectivity index (χ4n) is 2.62. The summed E-state index contributed by atoms with van der Waals surface area (Å²) in [6, 6.07) is 1.53. The predicted octanol–water partition coefficient (Wildman–Crippen LogP) is 1.61. The van der Waals surface area contributed by atoms with Crippen LogP contribution in [0.25, 0.3) is 0 Å². The number of rotatable bonds is 5. The maximum atomic E-state index is 12.7. The average molecular weight is 380 g/mol. The summed E-state index contributed by atoms with van der Waals surface area (Å²) < 4.78 is 32.4. The van der Waals surface area contributed by atoms with Gasteiger partial charge in [-0.25, -0.2) is 8.42 Å². The Morgan fingerprint density at radius 2 is 2.10 bits per heavy atom. The van der Waals surface area contributed by atoms with Gasteiger partial charge in [0.1, 0.15) is 10.7 Å². The molecule has 2 heterocycles. The Hall–Kier alpha value is -0.410. The Labute approximate surface area is 134 Å². The third-order valence-corrected chi connectivity index (χ3v) is 6.85. The van der Waals surface area contributed by atoms with Gasteiger partial charge in [0.15, 0.2) is 4.67 Å². The van der Waals surface area contributed by atoms with Crippen LogP contribution in [0.15, 0.2) is 20.0 Å². The van der Waals surface area contributed by atoms with Gasteiger partial charge in [0.2, 0.25) is 10.0 Å². The molecule has 2 N–H and O–H groups in total. The van der Waals surface area contributed by atoms with Crippen molar-refractivity contribution in [1.29, 1.82) is 0 Å². The number of furan rings is 1. The molecule has 1 saturated heterocycles. The number of piperidine rings is 1. The summed E-state index contributed by atoms with van der Waals surface area (Å²) in [4.78, 5) is 2.49. The van der Waals surface area contributed by atoms with Crippen molar-refractivity contribution in [2.24, 2.45) is 5.73 Å². The molecule has 0 atom stereocenters. The Bertz CT molecular complexity index is 579. The second-order valence-electron chi connectivity index (χ2n) is 5.24. The van der Waals surface area contributed by atoms with E-state index in [1.165, 1.54) is 10.4 Å². The lowest BCUT2D eigenvalue weighted by Gasteiger charge is -2.35. The van der Waals surface area contributed by atoms with Gasteiger partial charge in [-0.15, -0.1) is 0 Å². The minimum Gasteiger partial charge on any atom is -0.452 e. The third-order valence-electron chi connectivity index (χ3n) is 4.08. The summed E-state index contributed by atoms with van der Waals surface area (Å²) in [5.74, 6) is 0.453. The molecule has 120 valence electrons. The third kappa shape index (κ3) is 3.50. The highest BCUT2D eigenvalue weighted by Crippen LogP contribution is 2.30. The van der Waals surface area contributed by atoms with Crippen molar-refractivity contribution >= 4 is 26.0 Å². The molecule has 6 nitrogen and oxygen atoms in total. The minimum absolute atomic E-state index is 0.0286. The molecule has 0 aliphatic carbocycles.